The molecular weight excluding hydrogens is 380 g/mol. The van der Waals surface area contributed by atoms with Crippen molar-refractivity contribution in [2.45, 2.75) is 58.3 Å². The van der Waals surface area contributed by atoms with Crippen LogP contribution in [0.3, 0.4) is 0 Å². The van der Waals surface area contributed by atoms with Gasteiger partial charge in [0, 0.05) is 6.42 Å². The first-order valence-corrected chi connectivity index (χ1v) is 9.23. The van der Waals surface area contributed by atoms with Crippen molar-refractivity contribution in [3.8, 4) is 5.75 Å². The van der Waals surface area contributed by atoms with Crippen LogP contribution >= 0.6 is 0 Å². The molecule has 154 valence electrons. The van der Waals surface area contributed by atoms with Crippen molar-refractivity contribution >= 4 is 29.6 Å². The van der Waals surface area contributed by atoms with E-state index in [1.165, 1.54) is 25.1 Å². The number of benzene rings is 1. The number of fused-ring (bicyclic) bond motifs is 1. The number of ether oxygens (including phenoxy) is 2. The van der Waals surface area contributed by atoms with E-state index in [2.05, 4.69) is 5.32 Å². The van der Waals surface area contributed by atoms with Gasteiger partial charge in [-0.2, -0.15) is 0 Å². The van der Waals surface area contributed by atoms with Crippen molar-refractivity contribution in [2.75, 3.05) is 0 Å². The quantitative estimate of drug-likeness (QED) is 0.594. The summed E-state index contributed by atoms with van der Waals surface area (Å²) < 4.78 is 10.9. The number of carbonyl (C=O) groups is 5. The van der Waals surface area contributed by atoms with E-state index >= 15 is 0 Å². The van der Waals surface area contributed by atoms with Crippen molar-refractivity contribution in [1.29, 1.82) is 0 Å². The summed E-state index contributed by atoms with van der Waals surface area (Å²) in [6, 6.07) is 3.37. The highest BCUT2D eigenvalue weighted by molar-refractivity contribution is 6.24. The molecule has 0 radical (unpaired) electrons. The van der Waals surface area contributed by atoms with Gasteiger partial charge in [0.1, 0.15) is 17.4 Å². The SMILES string of the molecule is CC(Oc1cccc2c1C(=O)N(C1CCC(=O)NC1=O)C2=O)C(=O)OC(C)(C)C. The van der Waals surface area contributed by atoms with Gasteiger partial charge in [-0.15, -0.1) is 0 Å². The van der Waals surface area contributed by atoms with Crippen LogP contribution in [0.25, 0.3) is 0 Å². The largest absolute Gasteiger partial charge is 0.478 e. The van der Waals surface area contributed by atoms with Crippen LogP contribution in [0.4, 0.5) is 0 Å². The zero-order chi connectivity index (χ0) is 21.5. The molecule has 1 fully saturated rings. The molecule has 9 heteroatoms. The Morgan fingerprint density at radius 1 is 1.17 bits per heavy atom. The fraction of sp³-hybridized carbons (Fsp3) is 0.450. The zero-order valence-corrected chi connectivity index (χ0v) is 16.6. The van der Waals surface area contributed by atoms with E-state index in [1.54, 1.807) is 20.8 Å². The number of piperidine rings is 1. The molecule has 0 spiro atoms. The van der Waals surface area contributed by atoms with Crippen molar-refractivity contribution in [1.82, 2.24) is 10.2 Å². The number of carbonyl (C=O) groups excluding carboxylic acids is 5. The maximum atomic E-state index is 13.0. The molecule has 2 unspecified atom stereocenters. The molecule has 2 heterocycles. The third-order valence-corrected chi connectivity index (χ3v) is 4.47. The first kappa shape index (κ1) is 20.5. The van der Waals surface area contributed by atoms with E-state index in [4.69, 9.17) is 9.47 Å². The Morgan fingerprint density at radius 2 is 1.86 bits per heavy atom. The fourth-order valence-corrected chi connectivity index (χ4v) is 3.21. The van der Waals surface area contributed by atoms with Crippen LogP contribution in [-0.4, -0.2) is 52.2 Å². The minimum Gasteiger partial charge on any atom is -0.478 e. The van der Waals surface area contributed by atoms with Gasteiger partial charge < -0.3 is 9.47 Å². The highest BCUT2D eigenvalue weighted by Gasteiger charge is 2.46. The van der Waals surface area contributed by atoms with Crippen molar-refractivity contribution < 1.29 is 33.4 Å². The van der Waals surface area contributed by atoms with E-state index in [1.807, 2.05) is 0 Å². The van der Waals surface area contributed by atoms with Crippen molar-refractivity contribution in [3.05, 3.63) is 29.3 Å². The van der Waals surface area contributed by atoms with Gasteiger partial charge in [0.2, 0.25) is 11.8 Å². The molecule has 2 aliphatic heterocycles. The van der Waals surface area contributed by atoms with Gasteiger partial charge in [0.25, 0.3) is 11.8 Å². The minimum atomic E-state index is -1.07. The van der Waals surface area contributed by atoms with Crippen molar-refractivity contribution in [2.24, 2.45) is 0 Å². The van der Waals surface area contributed by atoms with E-state index in [0.717, 1.165) is 4.90 Å². The maximum Gasteiger partial charge on any atom is 0.347 e. The molecule has 1 N–H and O–H groups in total. The number of hydrogen-bond donors (Lipinski definition) is 1. The summed E-state index contributed by atoms with van der Waals surface area (Å²) in [4.78, 5) is 62.3. The van der Waals surface area contributed by atoms with Gasteiger partial charge in [-0.3, -0.25) is 29.4 Å². The molecule has 1 aromatic carbocycles. The molecule has 29 heavy (non-hydrogen) atoms. The standard InChI is InChI=1S/C20H22N2O7/c1-10(19(27)29-20(2,3)4)28-13-7-5-6-11-15(13)18(26)22(17(11)25)12-8-9-14(23)21-16(12)24/h5-7,10,12H,8-9H2,1-4H3,(H,21,23,24). The summed E-state index contributed by atoms with van der Waals surface area (Å²) in [7, 11) is 0. The van der Waals surface area contributed by atoms with Gasteiger partial charge in [-0.25, -0.2) is 4.79 Å². The molecule has 1 aromatic rings. The Balaban J connectivity index is 1.86. The Kier molecular flexibility index (Phi) is 5.16. The average molecular weight is 402 g/mol. The molecular formula is C20H22N2O7. The van der Waals surface area contributed by atoms with Gasteiger partial charge >= 0.3 is 5.97 Å². The lowest BCUT2D eigenvalue weighted by molar-refractivity contribution is -0.162. The first-order chi connectivity index (χ1) is 13.5. The molecule has 0 aromatic heterocycles. The third kappa shape index (κ3) is 3.98. The molecule has 0 aliphatic carbocycles. The number of nitrogens with zero attached hydrogens (tertiary/aromatic N) is 1. The van der Waals surface area contributed by atoms with Crippen molar-refractivity contribution in [3.63, 3.8) is 0 Å². The monoisotopic (exact) mass is 402 g/mol. The topological polar surface area (TPSA) is 119 Å². The van der Waals surface area contributed by atoms with Crippen LogP contribution in [0.15, 0.2) is 18.2 Å². The fourth-order valence-electron chi connectivity index (χ4n) is 3.21. The summed E-state index contributed by atoms with van der Waals surface area (Å²) in [6.07, 6.45) is -0.933. The van der Waals surface area contributed by atoms with E-state index in [-0.39, 0.29) is 29.7 Å². The number of amides is 4. The highest BCUT2D eigenvalue weighted by Crippen LogP contribution is 2.34. The Morgan fingerprint density at radius 3 is 2.48 bits per heavy atom. The minimum absolute atomic E-state index is 0.0161. The second-order valence-electron chi connectivity index (χ2n) is 7.92. The predicted octanol–water partition coefficient (Wildman–Crippen LogP) is 1.20. The second-order valence-corrected chi connectivity index (χ2v) is 7.92. The zero-order valence-electron chi connectivity index (χ0n) is 16.6. The van der Waals surface area contributed by atoms with Crippen LogP contribution < -0.4 is 10.1 Å². The average Bonchev–Trinajstić information content (AvgIpc) is 2.86. The smallest absolute Gasteiger partial charge is 0.347 e. The van der Waals surface area contributed by atoms with E-state index in [0.29, 0.717) is 0 Å². The Labute approximate surface area is 167 Å². The first-order valence-electron chi connectivity index (χ1n) is 9.23. The Bertz CT molecular complexity index is 916. The molecule has 2 atom stereocenters. The molecule has 3 rings (SSSR count). The normalized spacial score (nSPS) is 20.3. The van der Waals surface area contributed by atoms with Crippen LogP contribution in [0, 0.1) is 0 Å². The highest BCUT2D eigenvalue weighted by atomic mass is 16.6. The van der Waals surface area contributed by atoms with Gasteiger partial charge in [-0.05, 0) is 46.2 Å². The summed E-state index contributed by atoms with van der Waals surface area (Å²) in [5, 5.41) is 2.14. The summed E-state index contributed by atoms with van der Waals surface area (Å²) in [6.45, 7) is 6.64. The molecule has 0 bridgehead atoms. The maximum absolute atomic E-state index is 13.0. The predicted molar refractivity (Wildman–Crippen MR) is 99.0 cm³/mol. The Hall–Kier alpha value is -3.23. The summed E-state index contributed by atoms with van der Waals surface area (Å²) >= 11 is 0. The van der Waals surface area contributed by atoms with Gasteiger partial charge in [0.05, 0.1) is 11.1 Å². The molecule has 0 saturated carbocycles. The third-order valence-electron chi connectivity index (χ3n) is 4.47. The number of nitrogens with one attached hydrogen (secondary N) is 1. The summed E-state index contributed by atoms with van der Waals surface area (Å²) in [5.41, 5.74) is -0.645. The van der Waals surface area contributed by atoms with Crippen LogP contribution in [-0.2, 0) is 19.1 Å². The number of hydrogen-bond acceptors (Lipinski definition) is 7. The van der Waals surface area contributed by atoms with Gasteiger partial charge in [-0.1, -0.05) is 6.07 Å². The van der Waals surface area contributed by atoms with E-state index < -0.39 is 47.3 Å². The van der Waals surface area contributed by atoms with E-state index in [9.17, 15) is 24.0 Å². The molecule has 1 saturated heterocycles. The molecule has 2 aliphatic rings. The lowest BCUT2D eigenvalue weighted by Crippen LogP contribution is -2.54. The number of imide groups is 2. The molecule has 9 nitrogen and oxygen atoms in total. The van der Waals surface area contributed by atoms with Gasteiger partial charge in [0.15, 0.2) is 6.10 Å². The second kappa shape index (κ2) is 7.31. The van der Waals surface area contributed by atoms with Crippen LogP contribution in [0.2, 0.25) is 0 Å². The van der Waals surface area contributed by atoms with Crippen LogP contribution in [0.5, 0.6) is 5.75 Å². The molecule has 4 amide bonds. The summed E-state index contributed by atoms with van der Waals surface area (Å²) in [5.74, 6) is -3.05. The number of esters is 1. The van der Waals surface area contributed by atoms with Crippen LogP contribution in [0.1, 0.15) is 61.3 Å². The number of rotatable bonds is 4. The lowest BCUT2D eigenvalue weighted by Gasteiger charge is -2.27. The lowest BCUT2D eigenvalue weighted by atomic mass is 10.0.